The normalized spacial score (nSPS) is 32.1. The van der Waals surface area contributed by atoms with Crippen LogP contribution in [0.4, 0.5) is 0 Å². The van der Waals surface area contributed by atoms with E-state index < -0.39 is 0 Å². The van der Waals surface area contributed by atoms with Crippen LogP contribution in [-0.4, -0.2) is 48.6 Å². The third-order valence-electron chi connectivity index (χ3n) is 5.14. The number of hydrogen-bond donors (Lipinski definition) is 0. The van der Waals surface area contributed by atoms with Crippen molar-refractivity contribution in [2.75, 3.05) is 32.7 Å². The van der Waals surface area contributed by atoms with Gasteiger partial charge in [0.25, 0.3) is 0 Å². The zero-order chi connectivity index (χ0) is 12.2. The van der Waals surface area contributed by atoms with Crippen LogP contribution in [0.3, 0.4) is 0 Å². The van der Waals surface area contributed by atoms with E-state index in [1.807, 2.05) is 0 Å². The van der Waals surface area contributed by atoms with Gasteiger partial charge >= 0.3 is 0 Å². The summed E-state index contributed by atoms with van der Waals surface area (Å²) in [5.74, 6) is 0.938. The first-order chi connectivity index (χ1) is 8.92. The van der Waals surface area contributed by atoms with Crippen molar-refractivity contribution in [2.45, 2.75) is 51.0 Å². The molecule has 102 valence electrons. The molecule has 2 nitrogen and oxygen atoms in total. The third kappa shape index (κ3) is 3.16. The van der Waals surface area contributed by atoms with Crippen LogP contribution in [-0.2, 0) is 0 Å². The highest BCUT2D eigenvalue weighted by Crippen LogP contribution is 2.25. The summed E-state index contributed by atoms with van der Waals surface area (Å²) in [6.07, 6.45) is 14.7. The minimum absolute atomic E-state index is 0.935. The minimum Gasteiger partial charge on any atom is -0.301 e. The number of piperazine rings is 1. The van der Waals surface area contributed by atoms with Crippen molar-refractivity contribution < 1.29 is 0 Å². The Morgan fingerprint density at radius 2 is 1.67 bits per heavy atom. The van der Waals surface area contributed by atoms with Crippen molar-refractivity contribution in [2.24, 2.45) is 5.92 Å². The van der Waals surface area contributed by atoms with Gasteiger partial charge in [0.15, 0.2) is 0 Å². The summed E-state index contributed by atoms with van der Waals surface area (Å²) in [6.45, 7) is 6.64. The predicted molar refractivity (Wildman–Crippen MR) is 76.8 cm³/mol. The molecular weight excluding hydrogens is 220 g/mol. The van der Waals surface area contributed by atoms with Crippen molar-refractivity contribution in [1.82, 2.24) is 9.80 Å². The zero-order valence-electron chi connectivity index (χ0n) is 11.7. The second kappa shape index (κ2) is 6.21. The van der Waals surface area contributed by atoms with Gasteiger partial charge in [-0.2, -0.15) is 0 Å². The Labute approximate surface area is 112 Å². The van der Waals surface area contributed by atoms with Crippen LogP contribution in [0.1, 0.15) is 44.9 Å². The van der Waals surface area contributed by atoms with E-state index in [2.05, 4.69) is 22.0 Å². The minimum atomic E-state index is 0.935. The Morgan fingerprint density at radius 1 is 0.889 bits per heavy atom. The lowest BCUT2D eigenvalue weighted by atomic mass is 9.94. The standard InChI is InChI=1S/C16H28N2/c1-2-6-15(7-3-1)14-17-10-12-18(13-11-17)16-8-4-5-9-16/h1-2,15-16H,3-14H2/t15-/m0/s1. The SMILES string of the molecule is C1=CC[C@H](CN2CCN(C3CCCC3)CC2)CC1. The predicted octanol–water partition coefficient (Wildman–Crippen LogP) is 2.90. The lowest BCUT2D eigenvalue weighted by molar-refractivity contribution is 0.0863. The van der Waals surface area contributed by atoms with Crippen LogP contribution >= 0.6 is 0 Å². The van der Waals surface area contributed by atoms with E-state index in [9.17, 15) is 0 Å². The van der Waals surface area contributed by atoms with Crippen LogP contribution in [0, 0.1) is 5.92 Å². The van der Waals surface area contributed by atoms with Crippen LogP contribution in [0.2, 0.25) is 0 Å². The number of hydrogen-bond acceptors (Lipinski definition) is 2. The largest absolute Gasteiger partial charge is 0.301 e. The van der Waals surface area contributed by atoms with Crippen LogP contribution < -0.4 is 0 Å². The van der Waals surface area contributed by atoms with E-state index in [1.165, 1.54) is 77.7 Å². The first-order valence-electron chi connectivity index (χ1n) is 8.03. The Hall–Kier alpha value is -0.340. The first-order valence-corrected chi connectivity index (χ1v) is 8.03. The highest BCUT2D eigenvalue weighted by atomic mass is 15.3. The smallest absolute Gasteiger partial charge is 0.0113 e. The third-order valence-corrected chi connectivity index (χ3v) is 5.14. The summed E-state index contributed by atoms with van der Waals surface area (Å²) < 4.78 is 0. The number of nitrogens with zero attached hydrogens (tertiary/aromatic N) is 2. The quantitative estimate of drug-likeness (QED) is 0.709. The fraction of sp³-hybridized carbons (Fsp3) is 0.875. The molecule has 0 unspecified atom stereocenters. The lowest BCUT2D eigenvalue weighted by Crippen LogP contribution is -2.50. The van der Waals surface area contributed by atoms with Crippen molar-refractivity contribution >= 4 is 0 Å². The van der Waals surface area contributed by atoms with Gasteiger partial charge < -0.3 is 4.90 Å². The monoisotopic (exact) mass is 248 g/mol. The Kier molecular flexibility index (Phi) is 4.37. The number of allylic oxidation sites excluding steroid dienone is 2. The highest BCUT2D eigenvalue weighted by molar-refractivity contribution is 4.91. The number of rotatable bonds is 3. The van der Waals surface area contributed by atoms with Crippen molar-refractivity contribution in [1.29, 1.82) is 0 Å². The average Bonchev–Trinajstić information content (AvgIpc) is 2.95. The average molecular weight is 248 g/mol. The van der Waals surface area contributed by atoms with Gasteiger partial charge in [-0.25, -0.2) is 0 Å². The van der Waals surface area contributed by atoms with Gasteiger partial charge in [0.1, 0.15) is 0 Å². The van der Waals surface area contributed by atoms with E-state index in [0.29, 0.717) is 0 Å². The molecule has 1 saturated carbocycles. The molecule has 2 fully saturated rings. The zero-order valence-corrected chi connectivity index (χ0v) is 11.7. The van der Waals surface area contributed by atoms with Gasteiger partial charge in [0.05, 0.1) is 0 Å². The second-order valence-corrected chi connectivity index (χ2v) is 6.43. The van der Waals surface area contributed by atoms with Crippen LogP contribution in [0.15, 0.2) is 12.2 Å². The molecule has 1 atom stereocenters. The molecule has 2 heteroatoms. The summed E-state index contributed by atoms with van der Waals surface area (Å²) in [5, 5.41) is 0. The van der Waals surface area contributed by atoms with Crippen LogP contribution in [0.5, 0.6) is 0 Å². The summed E-state index contributed by atoms with van der Waals surface area (Å²) in [6, 6.07) is 0.935. The van der Waals surface area contributed by atoms with Gasteiger partial charge in [-0.15, -0.1) is 0 Å². The molecular formula is C16H28N2. The van der Waals surface area contributed by atoms with Crippen LogP contribution in [0.25, 0.3) is 0 Å². The maximum Gasteiger partial charge on any atom is 0.0113 e. The maximum atomic E-state index is 2.77. The molecule has 1 saturated heterocycles. The molecule has 0 aromatic rings. The van der Waals surface area contributed by atoms with Crippen molar-refractivity contribution in [3.8, 4) is 0 Å². The maximum absolute atomic E-state index is 2.77. The molecule has 0 amide bonds. The molecule has 18 heavy (non-hydrogen) atoms. The van der Waals surface area contributed by atoms with E-state index in [1.54, 1.807) is 0 Å². The summed E-state index contributed by atoms with van der Waals surface area (Å²) in [4.78, 5) is 5.49. The molecule has 0 aromatic carbocycles. The molecule has 3 aliphatic rings. The van der Waals surface area contributed by atoms with Gasteiger partial charge in [0.2, 0.25) is 0 Å². The molecule has 1 aliphatic heterocycles. The Bertz CT molecular complexity index is 273. The molecule has 1 heterocycles. The fourth-order valence-corrected chi connectivity index (χ4v) is 3.97. The molecule has 0 spiro atoms. The van der Waals surface area contributed by atoms with Gasteiger partial charge in [-0.1, -0.05) is 25.0 Å². The highest BCUT2D eigenvalue weighted by Gasteiger charge is 2.26. The molecule has 3 rings (SSSR count). The summed E-state index contributed by atoms with van der Waals surface area (Å²) >= 11 is 0. The van der Waals surface area contributed by atoms with Gasteiger partial charge in [0, 0.05) is 38.8 Å². The van der Waals surface area contributed by atoms with Crippen molar-refractivity contribution in [3.05, 3.63) is 12.2 Å². The van der Waals surface area contributed by atoms with E-state index in [4.69, 9.17) is 0 Å². The topological polar surface area (TPSA) is 6.48 Å². The summed E-state index contributed by atoms with van der Waals surface area (Å²) in [5.41, 5.74) is 0. The molecule has 0 radical (unpaired) electrons. The van der Waals surface area contributed by atoms with Gasteiger partial charge in [-0.05, 0) is 38.0 Å². The molecule has 0 bridgehead atoms. The van der Waals surface area contributed by atoms with Gasteiger partial charge in [-0.3, -0.25) is 4.90 Å². The summed E-state index contributed by atoms with van der Waals surface area (Å²) in [7, 11) is 0. The lowest BCUT2D eigenvalue weighted by Gasteiger charge is -2.39. The fourth-order valence-electron chi connectivity index (χ4n) is 3.97. The second-order valence-electron chi connectivity index (χ2n) is 6.43. The van der Waals surface area contributed by atoms with E-state index >= 15 is 0 Å². The Morgan fingerprint density at radius 3 is 2.33 bits per heavy atom. The van der Waals surface area contributed by atoms with Crippen molar-refractivity contribution in [3.63, 3.8) is 0 Å². The molecule has 0 N–H and O–H groups in total. The van der Waals surface area contributed by atoms with E-state index in [-0.39, 0.29) is 0 Å². The first kappa shape index (κ1) is 12.7. The van der Waals surface area contributed by atoms with E-state index in [0.717, 1.165) is 12.0 Å². The molecule has 2 aliphatic carbocycles. The molecule has 0 aromatic heterocycles. The Balaban J connectivity index is 1.40.